The van der Waals surface area contributed by atoms with Crippen LogP contribution in [0.5, 0.6) is 0 Å². The van der Waals surface area contributed by atoms with Gasteiger partial charge in [-0.3, -0.25) is 9.97 Å². The van der Waals surface area contributed by atoms with Crippen LogP contribution in [0.4, 0.5) is 11.4 Å². The van der Waals surface area contributed by atoms with E-state index >= 15 is 0 Å². The van der Waals surface area contributed by atoms with Gasteiger partial charge in [-0.05, 0) is 23.8 Å². The molecule has 2 aromatic carbocycles. The Bertz CT molecular complexity index is 696. The fraction of sp³-hybridized carbons (Fsp3) is 0.111. The lowest BCUT2D eigenvalue weighted by molar-refractivity contribution is 1.02. The van der Waals surface area contributed by atoms with Gasteiger partial charge in [0.15, 0.2) is 0 Å². The number of aromatic nitrogens is 2. The molecule has 1 aromatic heterocycles. The number of nitrogens with zero attached hydrogens (tertiary/aromatic N) is 3. The standard InChI is InChI=1S/C18H17N3/c1-21(17-8-3-2-4-9-17)18-10-6-5-7-15(18)13-16-14-19-11-12-20-16/h2-12,14H,13H2,1H3. The van der Waals surface area contributed by atoms with Crippen molar-refractivity contribution in [2.24, 2.45) is 0 Å². The van der Waals surface area contributed by atoms with Crippen molar-refractivity contribution >= 4 is 11.4 Å². The highest BCUT2D eigenvalue weighted by atomic mass is 15.1. The van der Waals surface area contributed by atoms with E-state index in [4.69, 9.17) is 0 Å². The molecule has 0 amide bonds. The molecular formula is C18H17N3. The number of rotatable bonds is 4. The summed E-state index contributed by atoms with van der Waals surface area (Å²) in [6.45, 7) is 0. The predicted octanol–water partition coefficient (Wildman–Crippen LogP) is 3.84. The van der Waals surface area contributed by atoms with Gasteiger partial charge in [0.1, 0.15) is 0 Å². The van der Waals surface area contributed by atoms with Crippen LogP contribution in [0.1, 0.15) is 11.3 Å². The third-order valence-electron chi connectivity index (χ3n) is 3.48. The molecule has 0 unspecified atom stereocenters. The first-order valence-corrected chi connectivity index (χ1v) is 6.96. The van der Waals surface area contributed by atoms with E-state index in [1.807, 2.05) is 12.3 Å². The SMILES string of the molecule is CN(c1ccccc1)c1ccccc1Cc1cnccn1. The van der Waals surface area contributed by atoms with Crippen molar-refractivity contribution in [2.75, 3.05) is 11.9 Å². The molecule has 3 nitrogen and oxygen atoms in total. The molecule has 0 aliphatic carbocycles. The van der Waals surface area contributed by atoms with Gasteiger partial charge in [0.05, 0.1) is 5.69 Å². The Labute approximate surface area is 124 Å². The highest BCUT2D eigenvalue weighted by Gasteiger charge is 2.09. The van der Waals surface area contributed by atoms with Crippen LogP contribution in [0.25, 0.3) is 0 Å². The Morgan fingerprint density at radius 3 is 2.43 bits per heavy atom. The number of hydrogen-bond acceptors (Lipinski definition) is 3. The maximum atomic E-state index is 4.37. The minimum Gasteiger partial charge on any atom is -0.344 e. The Morgan fingerprint density at radius 1 is 0.905 bits per heavy atom. The van der Waals surface area contributed by atoms with Gasteiger partial charge in [0.25, 0.3) is 0 Å². The van der Waals surface area contributed by atoms with E-state index in [0.717, 1.165) is 12.1 Å². The number of hydrogen-bond donors (Lipinski definition) is 0. The molecule has 0 spiro atoms. The van der Waals surface area contributed by atoms with Gasteiger partial charge in [-0.2, -0.15) is 0 Å². The zero-order chi connectivity index (χ0) is 14.5. The van der Waals surface area contributed by atoms with E-state index in [1.54, 1.807) is 12.4 Å². The fourth-order valence-corrected chi connectivity index (χ4v) is 2.39. The monoisotopic (exact) mass is 275 g/mol. The van der Waals surface area contributed by atoms with Crippen molar-refractivity contribution in [3.63, 3.8) is 0 Å². The van der Waals surface area contributed by atoms with Gasteiger partial charge in [-0.1, -0.05) is 36.4 Å². The summed E-state index contributed by atoms with van der Waals surface area (Å²) in [5.74, 6) is 0. The van der Waals surface area contributed by atoms with E-state index in [1.165, 1.54) is 16.9 Å². The predicted molar refractivity (Wildman–Crippen MR) is 85.8 cm³/mol. The van der Waals surface area contributed by atoms with E-state index in [9.17, 15) is 0 Å². The maximum absolute atomic E-state index is 4.37. The van der Waals surface area contributed by atoms with Crippen LogP contribution >= 0.6 is 0 Å². The van der Waals surface area contributed by atoms with Crippen molar-refractivity contribution in [3.8, 4) is 0 Å². The maximum Gasteiger partial charge on any atom is 0.0631 e. The molecule has 1 heterocycles. The van der Waals surface area contributed by atoms with Gasteiger partial charge in [0.2, 0.25) is 0 Å². The van der Waals surface area contributed by atoms with Crippen LogP contribution in [0.15, 0.2) is 73.2 Å². The van der Waals surface area contributed by atoms with Gasteiger partial charge in [-0.15, -0.1) is 0 Å². The van der Waals surface area contributed by atoms with Gasteiger partial charge < -0.3 is 4.90 Å². The smallest absolute Gasteiger partial charge is 0.0631 e. The quantitative estimate of drug-likeness (QED) is 0.724. The van der Waals surface area contributed by atoms with Crippen molar-refractivity contribution in [1.82, 2.24) is 9.97 Å². The highest BCUT2D eigenvalue weighted by Crippen LogP contribution is 2.27. The molecule has 0 fully saturated rings. The minimum atomic E-state index is 0.779. The van der Waals surface area contributed by atoms with Crippen molar-refractivity contribution in [1.29, 1.82) is 0 Å². The summed E-state index contributed by atoms with van der Waals surface area (Å²) in [5, 5.41) is 0. The molecule has 0 saturated carbocycles. The molecule has 0 radical (unpaired) electrons. The molecule has 0 N–H and O–H groups in total. The zero-order valence-electron chi connectivity index (χ0n) is 12.0. The second-order valence-electron chi connectivity index (χ2n) is 4.90. The summed E-state index contributed by atoms with van der Waals surface area (Å²) >= 11 is 0. The largest absolute Gasteiger partial charge is 0.344 e. The second-order valence-corrected chi connectivity index (χ2v) is 4.90. The highest BCUT2D eigenvalue weighted by molar-refractivity contribution is 5.66. The van der Waals surface area contributed by atoms with Crippen molar-refractivity contribution < 1.29 is 0 Å². The molecule has 0 aliphatic heterocycles. The topological polar surface area (TPSA) is 29.0 Å². The van der Waals surface area contributed by atoms with Gasteiger partial charge >= 0.3 is 0 Å². The number of para-hydroxylation sites is 2. The summed E-state index contributed by atoms with van der Waals surface area (Å²) in [4.78, 5) is 10.7. The summed E-state index contributed by atoms with van der Waals surface area (Å²) in [6, 6.07) is 18.8. The molecule has 104 valence electrons. The molecule has 0 aliphatic rings. The van der Waals surface area contributed by atoms with E-state index in [-0.39, 0.29) is 0 Å². The van der Waals surface area contributed by atoms with Crippen LogP contribution < -0.4 is 4.90 Å². The van der Waals surface area contributed by atoms with Crippen molar-refractivity contribution in [2.45, 2.75) is 6.42 Å². The Kier molecular flexibility index (Phi) is 3.92. The van der Waals surface area contributed by atoms with Crippen LogP contribution in [0.2, 0.25) is 0 Å². The summed E-state index contributed by atoms with van der Waals surface area (Å²) in [7, 11) is 2.09. The van der Waals surface area contributed by atoms with Gasteiger partial charge in [0, 0.05) is 43.4 Å². The molecule has 21 heavy (non-hydrogen) atoms. The molecule has 0 bridgehead atoms. The molecule has 0 saturated heterocycles. The lowest BCUT2D eigenvalue weighted by atomic mass is 10.1. The van der Waals surface area contributed by atoms with Crippen LogP contribution in [-0.2, 0) is 6.42 Å². The van der Waals surface area contributed by atoms with Crippen LogP contribution in [-0.4, -0.2) is 17.0 Å². The normalized spacial score (nSPS) is 10.3. The summed E-state index contributed by atoms with van der Waals surface area (Å²) < 4.78 is 0. The molecule has 3 heteroatoms. The first kappa shape index (κ1) is 13.3. The van der Waals surface area contributed by atoms with Gasteiger partial charge in [-0.25, -0.2) is 0 Å². The lowest BCUT2D eigenvalue weighted by Crippen LogP contribution is -2.12. The minimum absolute atomic E-state index is 0.779. The Hall–Kier alpha value is -2.68. The molecule has 0 atom stereocenters. The average Bonchev–Trinajstić information content (AvgIpc) is 2.56. The second kappa shape index (κ2) is 6.18. The summed E-state index contributed by atoms with van der Waals surface area (Å²) in [6.07, 6.45) is 6.03. The van der Waals surface area contributed by atoms with Crippen LogP contribution in [0.3, 0.4) is 0 Å². The average molecular weight is 275 g/mol. The number of anilines is 2. The third kappa shape index (κ3) is 3.08. The zero-order valence-corrected chi connectivity index (χ0v) is 12.0. The first-order valence-electron chi connectivity index (χ1n) is 6.96. The Balaban J connectivity index is 1.93. The number of benzene rings is 2. The molecule has 3 aromatic rings. The van der Waals surface area contributed by atoms with Crippen LogP contribution in [0, 0.1) is 0 Å². The summed E-state index contributed by atoms with van der Waals surface area (Å²) in [5.41, 5.74) is 4.58. The van der Waals surface area contributed by atoms with E-state index < -0.39 is 0 Å². The first-order chi connectivity index (χ1) is 10.3. The molecule has 3 rings (SSSR count). The lowest BCUT2D eigenvalue weighted by Gasteiger charge is -2.22. The molecular weight excluding hydrogens is 258 g/mol. The Morgan fingerprint density at radius 2 is 1.67 bits per heavy atom. The van der Waals surface area contributed by atoms with E-state index in [2.05, 4.69) is 70.4 Å². The fourth-order valence-electron chi connectivity index (χ4n) is 2.39. The third-order valence-corrected chi connectivity index (χ3v) is 3.48. The van der Waals surface area contributed by atoms with E-state index in [0.29, 0.717) is 0 Å². The van der Waals surface area contributed by atoms with Crippen molar-refractivity contribution in [3.05, 3.63) is 84.4 Å².